The standard InChI is InChI=1S/C16H16O4/c1-19-14-9-12(10-15(20-2)16(14)18)4-3-11-5-7-13(17)8-6-11/h3-10,17-18H,1-2H3. The molecule has 2 aromatic carbocycles. The Kier molecular flexibility index (Phi) is 4.15. The van der Waals surface area contributed by atoms with Crippen molar-refractivity contribution in [2.75, 3.05) is 14.2 Å². The summed E-state index contributed by atoms with van der Waals surface area (Å²) in [5.74, 6) is 0.927. The van der Waals surface area contributed by atoms with E-state index in [1.807, 2.05) is 12.2 Å². The van der Waals surface area contributed by atoms with Crippen LogP contribution in [0.1, 0.15) is 11.1 Å². The Labute approximate surface area is 117 Å². The first-order valence-corrected chi connectivity index (χ1v) is 6.06. The second-order valence-electron chi connectivity index (χ2n) is 4.20. The van der Waals surface area contributed by atoms with E-state index in [1.54, 1.807) is 36.4 Å². The molecule has 4 heteroatoms. The summed E-state index contributed by atoms with van der Waals surface area (Å²) in [4.78, 5) is 0. The number of ether oxygens (including phenoxy) is 2. The maximum absolute atomic E-state index is 9.83. The molecule has 0 atom stereocenters. The van der Waals surface area contributed by atoms with E-state index in [0.29, 0.717) is 11.5 Å². The van der Waals surface area contributed by atoms with Crippen LogP contribution >= 0.6 is 0 Å². The maximum atomic E-state index is 9.83. The predicted octanol–water partition coefficient (Wildman–Crippen LogP) is 3.29. The lowest BCUT2D eigenvalue weighted by atomic mass is 10.1. The molecule has 0 unspecified atom stereocenters. The Balaban J connectivity index is 2.31. The van der Waals surface area contributed by atoms with Crippen molar-refractivity contribution < 1.29 is 19.7 Å². The Morgan fingerprint density at radius 1 is 0.800 bits per heavy atom. The summed E-state index contributed by atoms with van der Waals surface area (Å²) in [6.07, 6.45) is 3.77. The summed E-state index contributed by atoms with van der Waals surface area (Å²) in [7, 11) is 2.98. The predicted molar refractivity (Wildman–Crippen MR) is 78.2 cm³/mol. The monoisotopic (exact) mass is 272 g/mol. The summed E-state index contributed by atoms with van der Waals surface area (Å²) in [6, 6.07) is 10.3. The smallest absolute Gasteiger partial charge is 0.200 e. The highest BCUT2D eigenvalue weighted by molar-refractivity contribution is 5.72. The topological polar surface area (TPSA) is 58.9 Å². The molecule has 20 heavy (non-hydrogen) atoms. The fourth-order valence-electron chi connectivity index (χ4n) is 1.79. The molecule has 0 spiro atoms. The molecule has 0 fully saturated rings. The van der Waals surface area contributed by atoms with Crippen molar-refractivity contribution in [1.29, 1.82) is 0 Å². The van der Waals surface area contributed by atoms with E-state index >= 15 is 0 Å². The molecule has 104 valence electrons. The Morgan fingerprint density at radius 2 is 1.30 bits per heavy atom. The lowest BCUT2D eigenvalue weighted by molar-refractivity contribution is 0.340. The van der Waals surface area contributed by atoms with Gasteiger partial charge in [-0.25, -0.2) is 0 Å². The molecule has 0 radical (unpaired) electrons. The highest BCUT2D eigenvalue weighted by atomic mass is 16.5. The molecule has 2 aromatic rings. The van der Waals surface area contributed by atoms with Crippen molar-refractivity contribution in [2.45, 2.75) is 0 Å². The van der Waals surface area contributed by atoms with Crippen LogP contribution in [-0.4, -0.2) is 24.4 Å². The minimum absolute atomic E-state index is 0.0169. The van der Waals surface area contributed by atoms with Crippen LogP contribution in [0.4, 0.5) is 0 Å². The Morgan fingerprint density at radius 3 is 1.80 bits per heavy atom. The molecule has 0 heterocycles. The molecule has 0 bridgehead atoms. The number of phenolic OH excluding ortho intramolecular Hbond substituents is 2. The lowest BCUT2D eigenvalue weighted by Gasteiger charge is -2.09. The van der Waals surface area contributed by atoms with Crippen LogP contribution in [0.25, 0.3) is 12.2 Å². The van der Waals surface area contributed by atoms with Gasteiger partial charge in [-0.15, -0.1) is 0 Å². The van der Waals surface area contributed by atoms with Gasteiger partial charge in [0.1, 0.15) is 5.75 Å². The molecule has 0 amide bonds. The van der Waals surface area contributed by atoms with Crippen molar-refractivity contribution in [3.63, 3.8) is 0 Å². The highest BCUT2D eigenvalue weighted by Gasteiger charge is 2.09. The fraction of sp³-hybridized carbons (Fsp3) is 0.125. The van der Waals surface area contributed by atoms with Gasteiger partial charge in [-0.2, -0.15) is 0 Å². The molecular formula is C16H16O4. The van der Waals surface area contributed by atoms with Crippen LogP contribution in [0.3, 0.4) is 0 Å². The van der Waals surface area contributed by atoms with E-state index in [4.69, 9.17) is 9.47 Å². The third-order valence-electron chi connectivity index (χ3n) is 2.86. The van der Waals surface area contributed by atoms with Gasteiger partial charge < -0.3 is 19.7 Å². The van der Waals surface area contributed by atoms with Crippen molar-refractivity contribution in [3.05, 3.63) is 47.5 Å². The minimum atomic E-state index is -0.0169. The number of hydrogen-bond donors (Lipinski definition) is 2. The van der Waals surface area contributed by atoms with Gasteiger partial charge in [0, 0.05) is 0 Å². The minimum Gasteiger partial charge on any atom is -0.508 e. The van der Waals surface area contributed by atoms with E-state index in [9.17, 15) is 10.2 Å². The second-order valence-corrected chi connectivity index (χ2v) is 4.20. The van der Waals surface area contributed by atoms with Crippen LogP contribution in [-0.2, 0) is 0 Å². The molecule has 0 saturated heterocycles. The van der Waals surface area contributed by atoms with E-state index in [0.717, 1.165) is 11.1 Å². The average molecular weight is 272 g/mol. The molecule has 4 nitrogen and oxygen atoms in total. The SMILES string of the molecule is COc1cc(C=Cc2ccc(O)cc2)cc(OC)c1O. The zero-order valence-electron chi connectivity index (χ0n) is 11.3. The number of rotatable bonds is 4. The molecule has 2 rings (SSSR count). The van der Waals surface area contributed by atoms with Crippen molar-refractivity contribution >= 4 is 12.2 Å². The van der Waals surface area contributed by atoms with E-state index < -0.39 is 0 Å². The zero-order chi connectivity index (χ0) is 14.5. The van der Waals surface area contributed by atoms with Crippen molar-refractivity contribution in [1.82, 2.24) is 0 Å². The van der Waals surface area contributed by atoms with E-state index in [-0.39, 0.29) is 11.5 Å². The first-order valence-electron chi connectivity index (χ1n) is 6.06. The van der Waals surface area contributed by atoms with Gasteiger partial charge in [0.2, 0.25) is 5.75 Å². The third kappa shape index (κ3) is 3.03. The largest absolute Gasteiger partial charge is 0.508 e. The normalized spacial score (nSPS) is 10.7. The summed E-state index contributed by atoms with van der Waals surface area (Å²) in [6.45, 7) is 0. The quantitative estimate of drug-likeness (QED) is 0.838. The summed E-state index contributed by atoms with van der Waals surface area (Å²) in [5.41, 5.74) is 1.79. The molecular weight excluding hydrogens is 256 g/mol. The molecule has 0 saturated carbocycles. The van der Waals surface area contributed by atoms with Crippen LogP contribution in [0, 0.1) is 0 Å². The first-order chi connectivity index (χ1) is 9.63. The third-order valence-corrected chi connectivity index (χ3v) is 2.86. The molecule has 2 N–H and O–H groups in total. The van der Waals surface area contributed by atoms with Gasteiger partial charge in [0.25, 0.3) is 0 Å². The molecule has 0 aliphatic rings. The van der Waals surface area contributed by atoms with Crippen LogP contribution in [0.15, 0.2) is 36.4 Å². The van der Waals surface area contributed by atoms with Crippen molar-refractivity contribution in [2.24, 2.45) is 0 Å². The molecule has 0 aliphatic carbocycles. The number of phenols is 2. The summed E-state index contributed by atoms with van der Waals surface area (Å²) >= 11 is 0. The van der Waals surface area contributed by atoms with Crippen LogP contribution in [0.2, 0.25) is 0 Å². The van der Waals surface area contributed by atoms with E-state index in [2.05, 4.69) is 0 Å². The van der Waals surface area contributed by atoms with Crippen LogP contribution < -0.4 is 9.47 Å². The second kappa shape index (κ2) is 6.02. The van der Waals surface area contributed by atoms with Gasteiger partial charge in [-0.3, -0.25) is 0 Å². The van der Waals surface area contributed by atoms with Gasteiger partial charge in [0.15, 0.2) is 11.5 Å². The first kappa shape index (κ1) is 13.8. The number of benzene rings is 2. The zero-order valence-corrected chi connectivity index (χ0v) is 11.3. The van der Waals surface area contributed by atoms with Gasteiger partial charge in [0.05, 0.1) is 14.2 Å². The Bertz CT molecular complexity index is 590. The van der Waals surface area contributed by atoms with Gasteiger partial charge in [-0.1, -0.05) is 24.3 Å². The van der Waals surface area contributed by atoms with Gasteiger partial charge in [-0.05, 0) is 35.4 Å². The maximum Gasteiger partial charge on any atom is 0.200 e. The molecule has 0 aromatic heterocycles. The van der Waals surface area contributed by atoms with Gasteiger partial charge >= 0.3 is 0 Å². The average Bonchev–Trinajstić information content (AvgIpc) is 2.47. The number of hydrogen-bond acceptors (Lipinski definition) is 4. The van der Waals surface area contributed by atoms with Crippen LogP contribution in [0.5, 0.6) is 23.0 Å². The van der Waals surface area contributed by atoms with E-state index in [1.165, 1.54) is 14.2 Å². The summed E-state index contributed by atoms with van der Waals surface area (Å²) < 4.78 is 10.2. The van der Waals surface area contributed by atoms with Crippen molar-refractivity contribution in [3.8, 4) is 23.0 Å². The summed E-state index contributed by atoms with van der Waals surface area (Å²) in [5, 5.41) is 19.1. The fourth-order valence-corrected chi connectivity index (χ4v) is 1.79. The highest BCUT2D eigenvalue weighted by Crippen LogP contribution is 2.37. The lowest BCUT2D eigenvalue weighted by Crippen LogP contribution is -1.90. The molecule has 0 aliphatic heterocycles. The Hall–Kier alpha value is -2.62. The number of aromatic hydroxyl groups is 2. The number of methoxy groups -OCH3 is 2.